The Morgan fingerprint density at radius 3 is 2.38 bits per heavy atom. The number of hydrogen-bond donors (Lipinski definition) is 1. The highest BCUT2D eigenvalue weighted by Gasteiger charge is 2.24. The Morgan fingerprint density at radius 1 is 1.04 bits per heavy atom. The third-order valence-corrected chi connectivity index (χ3v) is 4.70. The normalized spacial score (nSPS) is 13.5. The van der Waals surface area contributed by atoms with Crippen LogP contribution in [0.2, 0.25) is 0 Å². The van der Waals surface area contributed by atoms with E-state index in [1.165, 1.54) is 16.7 Å². The second kappa shape index (κ2) is 8.53. The summed E-state index contributed by atoms with van der Waals surface area (Å²) in [5.74, 6) is -0.339. The highest BCUT2D eigenvalue weighted by Crippen LogP contribution is 2.21. The van der Waals surface area contributed by atoms with Gasteiger partial charge in [-0.05, 0) is 23.3 Å². The predicted molar refractivity (Wildman–Crippen MR) is 101 cm³/mol. The number of carbonyl (C=O) groups excluding carboxylic acids is 3. The number of anilines is 1. The van der Waals surface area contributed by atoms with Gasteiger partial charge in [-0.15, -0.1) is 0 Å². The summed E-state index contributed by atoms with van der Waals surface area (Å²) in [7, 11) is 0. The molecule has 0 saturated carbocycles. The molecule has 0 bridgehead atoms. The van der Waals surface area contributed by atoms with Gasteiger partial charge in [0.15, 0.2) is 6.61 Å². The van der Waals surface area contributed by atoms with E-state index >= 15 is 0 Å². The smallest absolute Gasteiger partial charge is 0.326 e. The molecule has 0 atom stereocenters. The van der Waals surface area contributed by atoms with Gasteiger partial charge in [0.2, 0.25) is 0 Å². The number of ether oxygens (including phenoxy) is 1. The van der Waals surface area contributed by atoms with Crippen LogP contribution in [0.1, 0.15) is 0 Å². The van der Waals surface area contributed by atoms with Crippen LogP contribution in [0.15, 0.2) is 54.6 Å². The summed E-state index contributed by atoms with van der Waals surface area (Å²) in [5.41, 5.74) is 2.76. The third kappa shape index (κ3) is 4.86. The molecule has 2 aromatic carbocycles. The number of esters is 1. The molecule has 2 aromatic rings. The summed E-state index contributed by atoms with van der Waals surface area (Å²) in [6, 6.07) is 17.3. The summed E-state index contributed by atoms with van der Waals surface area (Å²) in [5, 5.41) is 2.54. The van der Waals surface area contributed by atoms with Crippen LogP contribution in [0.25, 0.3) is 11.1 Å². The maximum Gasteiger partial charge on any atom is 0.326 e. The molecule has 0 aromatic heterocycles. The molecule has 6 nitrogen and oxygen atoms in total. The van der Waals surface area contributed by atoms with Crippen molar-refractivity contribution in [2.45, 2.75) is 0 Å². The lowest BCUT2D eigenvalue weighted by Crippen LogP contribution is -2.32. The molecule has 0 spiro atoms. The second-order valence-electron chi connectivity index (χ2n) is 5.69. The first-order valence-corrected chi connectivity index (χ1v) is 9.13. The Hall–Kier alpha value is -2.80. The van der Waals surface area contributed by atoms with Gasteiger partial charge < -0.3 is 15.0 Å². The molecule has 1 N–H and O–H groups in total. The zero-order valence-corrected chi connectivity index (χ0v) is 14.8. The van der Waals surface area contributed by atoms with E-state index in [-0.39, 0.29) is 18.4 Å². The SMILES string of the molecule is O=C(COC(=O)CN1CCSC1=O)Nc1ccc(-c2ccccc2)cc1. The molecule has 1 saturated heterocycles. The molecule has 1 aliphatic heterocycles. The lowest BCUT2D eigenvalue weighted by molar-refractivity contribution is -0.147. The molecular formula is C19H18N2O4S. The van der Waals surface area contributed by atoms with Crippen LogP contribution < -0.4 is 5.32 Å². The molecule has 1 fully saturated rings. The first-order chi connectivity index (χ1) is 12.6. The summed E-state index contributed by atoms with van der Waals surface area (Å²) in [6.07, 6.45) is 0. The second-order valence-corrected chi connectivity index (χ2v) is 6.73. The minimum atomic E-state index is -0.588. The van der Waals surface area contributed by atoms with E-state index in [0.717, 1.165) is 11.1 Å². The Morgan fingerprint density at radius 2 is 1.73 bits per heavy atom. The van der Waals surface area contributed by atoms with E-state index < -0.39 is 11.9 Å². The fourth-order valence-corrected chi connectivity index (χ4v) is 3.32. The van der Waals surface area contributed by atoms with E-state index in [1.54, 1.807) is 12.1 Å². The van der Waals surface area contributed by atoms with Crippen molar-refractivity contribution in [3.63, 3.8) is 0 Å². The molecule has 0 aliphatic carbocycles. The van der Waals surface area contributed by atoms with Crippen LogP contribution in [0.5, 0.6) is 0 Å². The first kappa shape index (κ1) is 18.0. The van der Waals surface area contributed by atoms with Crippen molar-refractivity contribution in [2.24, 2.45) is 0 Å². The predicted octanol–water partition coefficient (Wildman–Crippen LogP) is 3.00. The zero-order chi connectivity index (χ0) is 18.4. The van der Waals surface area contributed by atoms with Crippen LogP contribution in [0, 0.1) is 0 Å². The molecule has 0 unspecified atom stereocenters. The zero-order valence-electron chi connectivity index (χ0n) is 14.0. The lowest BCUT2D eigenvalue weighted by Gasteiger charge is -2.13. The van der Waals surface area contributed by atoms with E-state index in [0.29, 0.717) is 18.0 Å². The minimum absolute atomic E-state index is 0.120. The van der Waals surface area contributed by atoms with Crippen LogP contribution in [0.4, 0.5) is 10.5 Å². The number of thioether (sulfide) groups is 1. The van der Waals surface area contributed by atoms with Crippen molar-refractivity contribution in [1.29, 1.82) is 0 Å². The summed E-state index contributed by atoms with van der Waals surface area (Å²) in [4.78, 5) is 36.4. The number of benzene rings is 2. The topological polar surface area (TPSA) is 75.7 Å². The summed E-state index contributed by atoms with van der Waals surface area (Å²) in [6.45, 7) is 0.0257. The monoisotopic (exact) mass is 370 g/mol. The molecule has 2 amide bonds. The number of rotatable bonds is 6. The molecular weight excluding hydrogens is 352 g/mol. The number of nitrogens with one attached hydrogen (secondary N) is 1. The Balaban J connectivity index is 1.46. The van der Waals surface area contributed by atoms with E-state index in [4.69, 9.17) is 4.74 Å². The van der Waals surface area contributed by atoms with Crippen LogP contribution in [0.3, 0.4) is 0 Å². The molecule has 3 rings (SSSR count). The first-order valence-electron chi connectivity index (χ1n) is 8.14. The van der Waals surface area contributed by atoms with E-state index in [2.05, 4.69) is 5.32 Å². The minimum Gasteiger partial charge on any atom is -0.454 e. The average Bonchev–Trinajstić information content (AvgIpc) is 3.06. The number of amides is 2. The average molecular weight is 370 g/mol. The van der Waals surface area contributed by atoms with Crippen molar-refractivity contribution < 1.29 is 19.1 Å². The van der Waals surface area contributed by atoms with Gasteiger partial charge in [-0.1, -0.05) is 54.2 Å². The highest BCUT2D eigenvalue weighted by molar-refractivity contribution is 8.13. The standard InChI is InChI=1S/C19H18N2O4S/c22-17(13-25-18(23)12-21-10-11-26-19(21)24)20-16-8-6-15(7-9-16)14-4-2-1-3-5-14/h1-9H,10-13H2,(H,20,22). The summed E-state index contributed by atoms with van der Waals surface area (Å²) >= 11 is 1.17. The number of hydrogen-bond acceptors (Lipinski definition) is 5. The van der Waals surface area contributed by atoms with E-state index in [1.807, 2.05) is 42.5 Å². The van der Waals surface area contributed by atoms with Gasteiger partial charge in [0, 0.05) is 18.0 Å². The number of carbonyl (C=O) groups is 3. The van der Waals surface area contributed by atoms with Crippen LogP contribution in [-0.4, -0.2) is 47.5 Å². The van der Waals surface area contributed by atoms with Crippen molar-refractivity contribution in [1.82, 2.24) is 4.90 Å². The number of nitrogens with zero attached hydrogens (tertiary/aromatic N) is 1. The Labute approximate surface area is 155 Å². The van der Waals surface area contributed by atoms with Gasteiger partial charge in [0.25, 0.3) is 11.1 Å². The van der Waals surface area contributed by atoms with Gasteiger partial charge >= 0.3 is 5.97 Å². The maximum absolute atomic E-state index is 11.9. The fourth-order valence-electron chi connectivity index (χ4n) is 2.49. The Kier molecular flexibility index (Phi) is 5.91. The lowest BCUT2D eigenvalue weighted by atomic mass is 10.1. The van der Waals surface area contributed by atoms with Crippen molar-refractivity contribution in [3.8, 4) is 11.1 Å². The van der Waals surface area contributed by atoms with Crippen LogP contribution >= 0.6 is 11.8 Å². The third-order valence-electron chi connectivity index (χ3n) is 3.80. The van der Waals surface area contributed by atoms with Gasteiger partial charge in [-0.2, -0.15) is 0 Å². The molecule has 26 heavy (non-hydrogen) atoms. The molecule has 1 heterocycles. The molecule has 7 heteroatoms. The van der Waals surface area contributed by atoms with Gasteiger partial charge in [-0.25, -0.2) is 0 Å². The van der Waals surface area contributed by atoms with E-state index in [9.17, 15) is 14.4 Å². The Bertz CT molecular complexity index is 793. The molecule has 0 radical (unpaired) electrons. The van der Waals surface area contributed by atoms with Crippen molar-refractivity contribution >= 4 is 34.6 Å². The van der Waals surface area contributed by atoms with Gasteiger partial charge in [0.05, 0.1) is 0 Å². The van der Waals surface area contributed by atoms with Crippen molar-refractivity contribution in [2.75, 3.05) is 30.8 Å². The van der Waals surface area contributed by atoms with Gasteiger partial charge in [-0.3, -0.25) is 14.4 Å². The molecule has 1 aliphatic rings. The van der Waals surface area contributed by atoms with Crippen LogP contribution in [-0.2, 0) is 14.3 Å². The largest absolute Gasteiger partial charge is 0.454 e. The molecule has 134 valence electrons. The highest BCUT2D eigenvalue weighted by atomic mass is 32.2. The van der Waals surface area contributed by atoms with Crippen molar-refractivity contribution in [3.05, 3.63) is 54.6 Å². The van der Waals surface area contributed by atoms with Gasteiger partial charge in [0.1, 0.15) is 6.54 Å². The quantitative estimate of drug-likeness (QED) is 0.791. The maximum atomic E-state index is 11.9. The fraction of sp³-hybridized carbons (Fsp3) is 0.211. The summed E-state index contributed by atoms with van der Waals surface area (Å²) < 4.78 is 4.93.